The van der Waals surface area contributed by atoms with Crippen molar-refractivity contribution in [1.82, 2.24) is 4.90 Å². The fraction of sp³-hybridized carbons (Fsp3) is 1.00. The molecule has 0 saturated carbocycles. The summed E-state index contributed by atoms with van der Waals surface area (Å²) in [6.45, 7) is 4.20. The van der Waals surface area contributed by atoms with Gasteiger partial charge in [-0.2, -0.15) is 0 Å². The van der Waals surface area contributed by atoms with Crippen LogP contribution in [-0.2, 0) is 4.74 Å². The van der Waals surface area contributed by atoms with Crippen LogP contribution in [0, 0.1) is 0 Å². The van der Waals surface area contributed by atoms with Gasteiger partial charge in [0.2, 0.25) is 0 Å². The second kappa shape index (κ2) is 2.49. The molecule has 2 saturated heterocycles. The highest BCUT2D eigenvalue weighted by molar-refractivity contribution is 4.86. The maximum atomic E-state index is 5.83. The molecular formula is C7H14N2O. The van der Waals surface area contributed by atoms with Gasteiger partial charge in [0.15, 0.2) is 0 Å². The third-order valence-electron chi connectivity index (χ3n) is 2.43. The molecule has 2 N–H and O–H groups in total. The zero-order valence-electron chi connectivity index (χ0n) is 6.12. The molecule has 0 amide bonds. The summed E-state index contributed by atoms with van der Waals surface area (Å²) in [5.74, 6) is 0. The number of hydrogen-bond donors (Lipinski definition) is 1. The van der Waals surface area contributed by atoms with Crippen molar-refractivity contribution in [3.8, 4) is 0 Å². The van der Waals surface area contributed by atoms with Gasteiger partial charge in [-0.05, 0) is 13.0 Å². The number of fused-ring (bicyclic) bond motifs is 2. The van der Waals surface area contributed by atoms with E-state index in [4.69, 9.17) is 10.5 Å². The molecule has 2 rings (SSSR count). The second-order valence-corrected chi connectivity index (χ2v) is 3.16. The smallest absolute Gasteiger partial charge is 0.0853 e. The monoisotopic (exact) mass is 142 g/mol. The average molecular weight is 142 g/mol. The topological polar surface area (TPSA) is 38.5 Å². The summed E-state index contributed by atoms with van der Waals surface area (Å²) in [5, 5.41) is 0. The van der Waals surface area contributed by atoms with Crippen molar-refractivity contribution >= 4 is 0 Å². The van der Waals surface area contributed by atoms with Gasteiger partial charge in [0, 0.05) is 19.1 Å². The van der Waals surface area contributed by atoms with Gasteiger partial charge in [0.1, 0.15) is 0 Å². The number of nitrogens with zero attached hydrogens (tertiary/aromatic N) is 1. The number of rotatable bonds is 0. The number of hydrogen-bond acceptors (Lipinski definition) is 3. The van der Waals surface area contributed by atoms with Crippen molar-refractivity contribution in [3.63, 3.8) is 0 Å². The summed E-state index contributed by atoms with van der Waals surface area (Å²) in [7, 11) is 0. The SMILES string of the molecule is N[C@@H]1CCN2CCOC1C2. The minimum Gasteiger partial charge on any atom is -0.374 e. The highest BCUT2D eigenvalue weighted by Gasteiger charge is 2.30. The quantitative estimate of drug-likeness (QED) is 0.491. The lowest BCUT2D eigenvalue weighted by Gasteiger charge is -2.40. The van der Waals surface area contributed by atoms with E-state index in [1.165, 1.54) is 6.54 Å². The molecule has 0 aromatic carbocycles. The first-order valence-corrected chi connectivity index (χ1v) is 3.96. The van der Waals surface area contributed by atoms with Crippen LogP contribution in [0.2, 0.25) is 0 Å². The van der Waals surface area contributed by atoms with Crippen LogP contribution in [0.25, 0.3) is 0 Å². The van der Waals surface area contributed by atoms with Crippen LogP contribution in [0.1, 0.15) is 6.42 Å². The van der Waals surface area contributed by atoms with E-state index in [9.17, 15) is 0 Å². The molecule has 3 heteroatoms. The molecule has 0 aromatic heterocycles. The first-order chi connectivity index (χ1) is 4.86. The van der Waals surface area contributed by atoms with Crippen molar-refractivity contribution in [2.24, 2.45) is 5.73 Å². The Morgan fingerprint density at radius 3 is 3.10 bits per heavy atom. The molecule has 2 aliphatic rings. The second-order valence-electron chi connectivity index (χ2n) is 3.16. The van der Waals surface area contributed by atoms with Crippen molar-refractivity contribution in [2.45, 2.75) is 18.6 Å². The Morgan fingerprint density at radius 1 is 1.40 bits per heavy atom. The van der Waals surface area contributed by atoms with E-state index in [0.717, 1.165) is 26.1 Å². The van der Waals surface area contributed by atoms with E-state index in [1.807, 2.05) is 0 Å². The lowest BCUT2D eigenvalue weighted by atomic mass is 10.0. The molecule has 2 heterocycles. The highest BCUT2D eigenvalue weighted by Crippen LogP contribution is 2.15. The largest absolute Gasteiger partial charge is 0.374 e. The molecule has 0 spiro atoms. The van der Waals surface area contributed by atoms with Gasteiger partial charge in [0.25, 0.3) is 0 Å². The predicted molar refractivity (Wildman–Crippen MR) is 38.8 cm³/mol. The maximum Gasteiger partial charge on any atom is 0.0853 e. The van der Waals surface area contributed by atoms with Gasteiger partial charge >= 0.3 is 0 Å². The molecule has 3 atom stereocenters. The summed E-state index contributed by atoms with van der Waals surface area (Å²) in [6, 6.07) is 0.288. The average Bonchev–Trinajstić information content (AvgIpc) is 1.99. The third-order valence-corrected chi connectivity index (χ3v) is 2.43. The lowest BCUT2D eigenvalue weighted by molar-refractivity contribution is -0.0646. The van der Waals surface area contributed by atoms with Crippen molar-refractivity contribution < 1.29 is 4.74 Å². The van der Waals surface area contributed by atoms with Gasteiger partial charge in [0.05, 0.1) is 12.7 Å². The number of morpholine rings is 1. The predicted octanol–water partition coefficient (Wildman–Crippen LogP) is -0.582. The van der Waals surface area contributed by atoms with Crippen LogP contribution in [-0.4, -0.2) is 43.3 Å². The molecule has 2 unspecified atom stereocenters. The lowest BCUT2D eigenvalue weighted by Crippen LogP contribution is -2.56. The fourth-order valence-electron chi connectivity index (χ4n) is 1.71. The Kier molecular flexibility index (Phi) is 1.64. The van der Waals surface area contributed by atoms with E-state index in [0.29, 0.717) is 6.10 Å². The van der Waals surface area contributed by atoms with Crippen LogP contribution in [0.4, 0.5) is 0 Å². The number of ether oxygens (including phenoxy) is 1. The van der Waals surface area contributed by atoms with Crippen LogP contribution < -0.4 is 5.73 Å². The van der Waals surface area contributed by atoms with Crippen LogP contribution in [0.5, 0.6) is 0 Å². The molecule has 2 bridgehead atoms. The Morgan fingerprint density at radius 2 is 2.30 bits per heavy atom. The zero-order chi connectivity index (χ0) is 6.97. The molecular weight excluding hydrogens is 128 g/mol. The summed E-state index contributed by atoms with van der Waals surface area (Å²) >= 11 is 0. The van der Waals surface area contributed by atoms with Crippen LogP contribution >= 0.6 is 0 Å². The Hall–Kier alpha value is -0.120. The van der Waals surface area contributed by atoms with Gasteiger partial charge < -0.3 is 10.5 Å². The molecule has 3 nitrogen and oxygen atoms in total. The molecule has 2 fully saturated rings. The minimum atomic E-state index is 0.288. The summed E-state index contributed by atoms with van der Waals surface area (Å²) < 4.78 is 5.49. The zero-order valence-corrected chi connectivity index (χ0v) is 6.12. The van der Waals surface area contributed by atoms with E-state index >= 15 is 0 Å². The van der Waals surface area contributed by atoms with Crippen molar-refractivity contribution in [3.05, 3.63) is 0 Å². The number of piperidine rings is 1. The Bertz CT molecular complexity index is 127. The summed E-state index contributed by atoms with van der Waals surface area (Å²) in [5.41, 5.74) is 5.83. The number of nitrogens with two attached hydrogens (primary N) is 1. The van der Waals surface area contributed by atoms with Crippen LogP contribution in [0.15, 0.2) is 0 Å². The molecule has 10 heavy (non-hydrogen) atoms. The van der Waals surface area contributed by atoms with Gasteiger partial charge in [-0.25, -0.2) is 0 Å². The summed E-state index contributed by atoms with van der Waals surface area (Å²) in [4.78, 5) is 2.43. The normalized spacial score (nSPS) is 47.1. The van der Waals surface area contributed by atoms with Crippen LogP contribution in [0.3, 0.4) is 0 Å². The van der Waals surface area contributed by atoms with E-state index < -0.39 is 0 Å². The van der Waals surface area contributed by atoms with E-state index in [1.54, 1.807) is 0 Å². The standard InChI is InChI=1S/C7H14N2O/c8-6-1-2-9-3-4-10-7(6)5-9/h6-7H,1-5,8H2/t6-,7?/m1/s1. The van der Waals surface area contributed by atoms with E-state index in [2.05, 4.69) is 4.90 Å². The van der Waals surface area contributed by atoms with Gasteiger partial charge in [-0.3, -0.25) is 4.90 Å². The fourth-order valence-corrected chi connectivity index (χ4v) is 1.71. The highest BCUT2D eigenvalue weighted by atomic mass is 16.5. The maximum absolute atomic E-state index is 5.83. The Balaban J connectivity index is 2.00. The first-order valence-electron chi connectivity index (χ1n) is 3.96. The van der Waals surface area contributed by atoms with Gasteiger partial charge in [-0.1, -0.05) is 0 Å². The molecule has 0 radical (unpaired) electrons. The first kappa shape index (κ1) is 6.58. The van der Waals surface area contributed by atoms with Gasteiger partial charge in [-0.15, -0.1) is 0 Å². The van der Waals surface area contributed by atoms with E-state index in [-0.39, 0.29) is 6.04 Å². The Labute approximate surface area is 61.1 Å². The molecule has 0 aliphatic carbocycles. The van der Waals surface area contributed by atoms with Crippen molar-refractivity contribution in [2.75, 3.05) is 26.2 Å². The molecule has 58 valence electrons. The summed E-state index contributed by atoms with van der Waals surface area (Å²) in [6.07, 6.45) is 1.42. The van der Waals surface area contributed by atoms with Crippen molar-refractivity contribution in [1.29, 1.82) is 0 Å². The minimum absolute atomic E-state index is 0.288. The third kappa shape index (κ3) is 1.05. The molecule has 2 aliphatic heterocycles. The molecule has 0 aromatic rings.